The minimum absolute atomic E-state index is 0.254. The van der Waals surface area contributed by atoms with Crippen LogP contribution >= 0.6 is 0 Å². The molecule has 0 aromatic heterocycles. The summed E-state index contributed by atoms with van der Waals surface area (Å²) < 4.78 is 4.73. The Bertz CT molecular complexity index is 185. The monoisotopic (exact) mass is 183 g/mol. The summed E-state index contributed by atoms with van der Waals surface area (Å²) in [6.45, 7) is 4.08. The molecule has 0 aromatic rings. The minimum Gasteiger partial charge on any atom is -0.463 e. The van der Waals surface area contributed by atoms with Crippen molar-refractivity contribution in [3.63, 3.8) is 0 Å². The highest BCUT2D eigenvalue weighted by Gasteiger charge is 2.19. The van der Waals surface area contributed by atoms with E-state index in [2.05, 4.69) is 5.32 Å². The number of hydrogen-bond acceptors (Lipinski definition) is 3. The summed E-state index contributed by atoms with van der Waals surface area (Å²) in [6, 6.07) is 0. The Hall–Kier alpha value is -0.830. The van der Waals surface area contributed by atoms with E-state index in [0.717, 1.165) is 19.0 Å². The van der Waals surface area contributed by atoms with Gasteiger partial charge in [-0.25, -0.2) is 4.79 Å². The third kappa shape index (κ3) is 5.42. The summed E-state index contributed by atoms with van der Waals surface area (Å²) in [5.41, 5.74) is 0. The van der Waals surface area contributed by atoms with Gasteiger partial charge >= 0.3 is 5.97 Å². The number of esters is 1. The van der Waals surface area contributed by atoms with E-state index in [0.29, 0.717) is 6.61 Å². The molecule has 0 atom stereocenters. The Morgan fingerprint density at radius 1 is 1.62 bits per heavy atom. The number of carbonyl (C=O) groups excluding carboxylic acids is 1. The van der Waals surface area contributed by atoms with Crippen LogP contribution in [0.25, 0.3) is 0 Å². The Balaban J connectivity index is 1.93. The molecule has 1 fully saturated rings. The normalized spacial score (nSPS) is 16.4. The van der Waals surface area contributed by atoms with Gasteiger partial charge in [0.05, 0.1) is 6.61 Å². The van der Waals surface area contributed by atoms with E-state index in [4.69, 9.17) is 4.74 Å². The molecule has 1 rings (SSSR count). The maximum atomic E-state index is 10.8. The van der Waals surface area contributed by atoms with Crippen molar-refractivity contribution in [2.45, 2.75) is 19.8 Å². The van der Waals surface area contributed by atoms with Gasteiger partial charge in [-0.3, -0.25) is 0 Å². The number of hydrogen-bond donors (Lipinski definition) is 1. The van der Waals surface area contributed by atoms with E-state index >= 15 is 0 Å². The standard InChI is InChI=1S/C10H17NO2/c1-2-13-10(12)4-3-7-11-8-9-5-6-9/h3-4,9,11H,2,5-8H2,1H3/b4-3+. The molecule has 0 aliphatic heterocycles. The van der Waals surface area contributed by atoms with Crippen LogP contribution in [-0.4, -0.2) is 25.7 Å². The SMILES string of the molecule is CCOC(=O)/C=C/CNCC1CC1. The molecule has 0 saturated heterocycles. The van der Waals surface area contributed by atoms with Crippen molar-refractivity contribution in [2.75, 3.05) is 19.7 Å². The largest absolute Gasteiger partial charge is 0.463 e. The molecular weight excluding hydrogens is 166 g/mol. The average molecular weight is 183 g/mol. The molecule has 3 heteroatoms. The maximum Gasteiger partial charge on any atom is 0.330 e. The molecule has 0 radical (unpaired) electrons. The van der Waals surface area contributed by atoms with E-state index in [-0.39, 0.29) is 5.97 Å². The molecular formula is C10H17NO2. The quantitative estimate of drug-likeness (QED) is 0.381. The first-order chi connectivity index (χ1) is 6.33. The molecule has 74 valence electrons. The maximum absolute atomic E-state index is 10.8. The third-order valence-electron chi connectivity index (χ3n) is 1.93. The molecule has 0 bridgehead atoms. The molecule has 0 heterocycles. The van der Waals surface area contributed by atoms with Gasteiger partial charge in [0, 0.05) is 12.6 Å². The summed E-state index contributed by atoms with van der Waals surface area (Å²) in [4.78, 5) is 10.8. The van der Waals surface area contributed by atoms with Gasteiger partial charge in [0.1, 0.15) is 0 Å². The fraction of sp³-hybridized carbons (Fsp3) is 0.700. The highest BCUT2D eigenvalue weighted by atomic mass is 16.5. The molecule has 1 aliphatic rings. The lowest BCUT2D eigenvalue weighted by molar-refractivity contribution is -0.137. The molecule has 0 spiro atoms. The van der Waals surface area contributed by atoms with Crippen molar-refractivity contribution in [1.29, 1.82) is 0 Å². The van der Waals surface area contributed by atoms with Crippen molar-refractivity contribution in [1.82, 2.24) is 5.32 Å². The molecule has 0 unspecified atom stereocenters. The molecule has 3 nitrogen and oxygen atoms in total. The van der Waals surface area contributed by atoms with E-state index in [9.17, 15) is 4.79 Å². The lowest BCUT2D eigenvalue weighted by Crippen LogP contribution is -2.16. The zero-order valence-corrected chi connectivity index (χ0v) is 8.08. The molecule has 13 heavy (non-hydrogen) atoms. The molecule has 0 amide bonds. The average Bonchev–Trinajstić information content (AvgIpc) is 2.88. The Morgan fingerprint density at radius 3 is 3.00 bits per heavy atom. The lowest BCUT2D eigenvalue weighted by atomic mass is 10.4. The molecule has 0 aromatic carbocycles. The van der Waals surface area contributed by atoms with Gasteiger partial charge in [-0.15, -0.1) is 0 Å². The van der Waals surface area contributed by atoms with Crippen LogP contribution in [0.4, 0.5) is 0 Å². The van der Waals surface area contributed by atoms with E-state index in [1.807, 2.05) is 0 Å². The van der Waals surface area contributed by atoms with E-state index in [1.54, 1.807) is 13.0 Å². The highest BCUT2D eigenvalue weighted by Crippen LogP contribution is 2.27. The Morgan fingerprint density at radius 2 is 2.38 bits per heavy atom. The summed E-state index contributed by atoms with van der Waals surface area (Å²) in [6.07, 6.45) is 5.99. The van der Waals surface area contributed by atoms with Crippen molar-refractivity contribution in [2.24, 2.45) is 5.92 Å². The predicted octanol–water partition coefficient (Wildman–Crippen LogP) is 1.11. The van der Waals surface area contributed by atoms with Crippen molar-refractivity contribution >= 4 is 5.97 Å². The lowest BCUT2D eigenvalue weighted by Gasteiger charge is -1.97. The Labute approximate surface area is 79.2 Å². The van der Waals surface area contributed by atoms with Gasteiger partial charge in [-0.05, 0) is 32.2 Å². The van der Waals surface area contributed by atoms with E-state index in [1.165, 1.54) is 18.9 Å². The summed E-state index contributed by atoms with van der Waals surface area (Å²) in [5, 5.41) is 3.25. The second-order valence-electron chi connectivity index (χ2n) is 3.26. The van der Waals surface area contributed by atoms with Crippen molar-refractivity contribution < 1.29 is 9.53 Å². The topological polar surface area (TPSA) is 38.3 Å². The van der Waals surface area contributed by atoms with Crippen molar-refractivity contribution in [3.8, 4) is 0 Å². The second-order valence-corrected chi connectivity index (χ2v) is 3.26. The number of ether oxygens (including phenoxy) is 1. The number of carbonyl (C=O) groups is 1. The predicted molar refractivity (Wildman–Crippen MR) is 51.4 cm³/mol. The minimum atomic E-state index is -0.254. The van der Waals surface area contributed by atoms with Crippen LogP contribution in [-0.2, 0) is 9.53 Å². The van der Waals surface area contributed by atoms with Crippen LogP contribution in [0.1, 0.15) is 19.8 Å². The smallest absolute Gasteiger partial charge is 0.330 e. The van der Waals surface area contributed by atoms with Crippen LogP contribution in [0.5, 0.6) is 0 Å². The second kappa shape index (κ2) is 5.75. The zero-order chi connectivity index (χ0) is 9.52. The van der Waals surface area contributed by atoms with Crippen LogP contribution < -0.4 is 5.32 Å². The Kier molecular flexibility index (Phi) is 4.54. The van der Waals surface area contributed by atoms with Gasteiger partial charge in [-0.1, -0.05) is 6.08 Å². The first-order valence-electron chi connectivity index (χ1n) is 4.87. The van der Waals surface area contributed by atoms with Crippen LogP contribution in [0.15, 0.2) is 12.2 Å². The number of nitrogens with one attached hydrogen (secondary N) is 1. The molecule has 1 N–H and O–H groups in total. The van der Waals surface area contributed by atoms with Gasteiger partial charge in [0.25, 0.3) is 0 Å². The fourth-order valence-electron chi connectivity index (χ4n) is 1.04. The third-order valence-corrected chi connectivity index (χ3v) is 1.93. The van der Waals surface area contributed by atoms with Gasteiger partial charge in [-0.2, -0.15) is 0 Å². The fourth-order valence-corrected chi connectivity index (χ4v) is 1.04. The first-order valence-corrected chi connectivity index (χ1v) is 4.87. The molecule has 1 saturated carbocycles. The van der Waals surface area contributed by atoms with Gasteiger partial charge in [0.2, 0.25) is 0 Å². The van der Waals surface area contributed by atoms with Gasteiger partial charge in [0.15, 0.2) is 0 Å². The van der Waals surface area contributed by atoms with Crippen LogP contribution in [0.2, 0.25) is 0 Å². The summed E-state index contributed by atoms with van der Waals surface area (Å²) in [7, 11) is 0. The van der Waals surface area contributed by atoms with E-state index < -0.39 is 0 Å². The first kappa shape index (κ1) is 10.3. The number of rotatable bonds is 6. The van der Waals surface area contributed by atoms with Crippen LogP contribution in [0.3, 0.4) is 0 Å². The summed E-state index contributed by atoms with van der Waals surface area (Å²) >= 11 is 0. The zero-order valence-electron chi connectivity index (χ0n) is 8.08. The van der Waals surface area contributed by atoms with Crippen LogP contribution in [0, 0.1) is 5.92 Å². The summed E-state index contributed by atoms with van der Waals surface area (Å²) in [5.74, 6) is 0.631. The van der Waals surface area contributed by atoms with Crippen molar-refractivity contribution in [3.05, 3.63) is 12.2 Å². The highest BCUT2D eigenvalue weighted by molar-refractivity contribution is 5.81. The molecule has 1 aliphatic carbocycles. The van der Waals surface area contributed by atoms with Gasteiger partial charge < -0.3 is 10.1 Å².